The van der Waals surface area contributed by atoms with Crippen molar-refractivity contribution < 1.29 is 9.53 Å². The lowest BCUT2D eigenvalue weighted by atomic mass is 9.97. The van der Waals surface area contributed by atoms with Crippen molar-refractivity contribution in [1.29, 1.82) is 0 Å². The van der Waals surface area contributed by atoms with Gasteiger partial charge in [-0.05, 0) is 37.8 Å². The molecule has 1 aromatic heterocycles. The summed E-state index contributed by atoms with van der Waals surface area (Å²) in [6.07, 6.45) is 2.48. The van der Waals surface area contributed by atoms with Crippen LogP contribution in [-0.4, -0.2) is 59.0 Å². The standard InChI is InChI=1S/C22H26N6O2/c1-4-18-24-21(28-12-10-27(3)11-13-28)26-22(25-18)30-19-15(2)14-17(19)20(29)23-16-8-6-5-7-9-16/h5-9,14H,4,10-13H2,1-3H3,(H,23,29). The lowest BCUT2D eigenvalue weighted by Crippen LogP contribution is -2.45. The third-order valence-corrected chi connectivity index (χ3v) is 5.19. The van der Waals surface area contributed by atoms with Crippen LogP contribution in [-0.2, 0) is 11.2 Å². The number of rotatable bonds is 6. The molecule has 8 nitrogen and oxygen atoms in total. The monoisotopic (exact) mass is 406 g/mol. The van der Waals surface area contributed by atoms with Crippen LogP contribution < -0.4 is 15.0 Å². The molecule has 1 N–H and O–H groups in total. The van der Waals surface area contributed by atoms with Crippen molar-refractivity contribution in [1.82, 2.24) is 19.9 Å². The molecule has 1 amide bonds. The first-order chi connectivity index (χ1) is 14.5. The van der Waals surface area contributed by atoms with Crippen molar-refractivity contribution >= 4 is 17.5 Å². The van der Waals surface area contributed by atoms with Gasteiger partial charge in [0.1, 0.15) is 11.6 Å². The number of benzene rings is 1. The fourth-order valence-electron chi connectivity index (χ4n) is 3.34. The van der Waals surface area contributed by atoms with Crippen LogP contribution in [0.1, 0.15) is 19.7 Å². The minimum absolute atomic E-state index is 0.217. The summed E-state index contributed by atoms with van der Waals surface area (Å²) in [7, 11) is 2.11. The zero-order chi connectivity index (χ0) is 21.1. The third-order valence-electron chi connectivity index (χ3n) is 5.19. The fraction of sp³-hybridized carbons (Fsp3) is 0.364. The molecule has 0 radical (unpaired) electrons. The van der Waals surface area contributed by atoms with E-state index in [1.54, 1.807) is 6.08 Å². The van der Waals surface area contributed by atoms with Crippen LogP contribution in [0.15, 0.2) is 53.3 Å². The number of nitrogens with one attached hydrogen (secondary N) is 1. The highest BCUT2D eigenvalue weighted by Gasteiger charge is 2.27. The van der Waals surface area contributed by atoms with E-state index in [1.807, 2.05) is 44.2 Å². The summed E-state index contributed by atoms with van der Waals surface area (Å²) in [5.41, 5.74) is 2.10. The predicted octanol–water partition coefficient (Wildman–Crippen LogP) is 2.42. The summed E-state index contributed by atoms with van der Waals surface area (Å²) in [4.78, 5) is 30.6. The second-order valence-corrected chi connectivity index (χ2v) is 7.47. The Labute approximate surface area is 176 Å². The number of ether oxygens (including phenoxy) is 1. The van der Waals surface area contributed by atoms with Crippen LogP contribution in [0.5, 0.6) is 6.01 Å². The van der Waals surface area contributed by atoms with Gasteiger partial charge in [-0.3, -0.25) is 4.79 Å². The van der Waals surface area contributed by atoms with E-state index in [2.05, 4.69) is 37.1 Å². The van der Waals surface area contributed by atoms with Crippen LogP contribution in [0.25, 0.3) is 0 Å². The topological polar surface area (TPSA) is 83.5 Å². The summed E-state index contributed by atoms with van der Waals surface area (Å²) >= 11 is 0. The normalized spacial score (nSPS) is 16.8. The molecular weight excluding hydrogens is 380 g/mol. The maximum Gasteiger partial charge on any atom is 0.327 e. The Bertz CT molecular complexity index is 994. The number of allylic oxidation sites excluding steroid dienone is 1. The van der Waals surface area contributed by atoms with E-state index in [1.165, 1.54) is 0 Å². The molecule has 4 rings (SSSR count). The third kappa shape index (κ3) is 4.33. The Hall–Kier alpha value is -3.26. The number of anilines is 2. The number of hydrogen-bond donors (Lipinski definition) is 1. The van der Waals surface area contributed by atoms with Gasteiger partial charge in [-0.1, -0.05) is 25.1 Å². The number of carbonyl (C=O) groups is 1. The van der Waals surface area contributed by atoms with Crippen molar-refractivity contribution in [3.63, 3.8) is 0 Å². The highest BCUT2D eigenvalue weighted by molar-refractivity contribution is 6.08. The van der Waals surface area contributed by atoms with Crippen molar-refractivity contribution in [3.05, 3.63) is 59.1 Å². The van der Waals surface area contributed by atoms with Gasteiger partial charge in [0.05, 0.1) is 5.57 Å². The fourth-order valence-corrected chi connectivity index (χ4v) is 3.34. The molecular formula is C22H26N6O2. The van der Waals surface area contributed by atoms with Crippen molar-refractivity contribution in [2.45, 2.75) is 20.3 Å². The average Bonchev–Trinajstić information content (AvgIpc) is 2.76. The van der Waals surface area contributed by atoms with E-state index < -0.39 is 0 Å². The molecule has 0 unspecified atom stereocenters. The molecule has 30 heavy (non-hydrogen) atoms. The van der Waals surface area contributed by atoms with E-state index in [0.717, 1.165) is 37.4 Å². The van der Waals surface area contributed by atoms with Gasteiger partial charge in [0.25, 0.3) is 5.91 Å². The number of aryl methyl sites for hydroxylation is 1. The second-order valence-electron chi connectivity index (χ2n) is 7.47. The van der Waals surface area contributed by atoms with Gasteiger partial charge in [-0.15, -0.1) is 0 Å². The van der Waals surface area contributed by atoms with Gasteiger partial charge < -0.3 is 19.9 Å². The predicted molar refractivity (Wildman–Crippen MR) is 115 cm³/mol. The number of hydrogen-bond acceptors (Lipinski definition) is 7. The maximum absolute atomic E-state index is 12.6. The molecule has 2 aliphatic rings. The first kappa shape index (κ1) is 20.0. The molecule has 1 aromatic carbocycles. The van der Waals surface area contributed by atoms with E-state index in [0.29, 0.717) is 29.5 Å². The molecule has 2 aromatic rings. The molecule has 2 heterocycles. The van der Waals surface area contributed by atoms with E-state index in [-0.39, 0.29) is 11.9 Å². The molecule has 0 saturated carbocycles. The van der Waals surface area contributed by atoms with Crippen molar-refractivity contribution in [2.75, 3.05) is 43.4 Å². The number of likely N-dealkylation sites (N-methyl/N-ethyl adjacent to an activating group) is 1. The van der Waals surface area contributed by atoms with Gasteiger partial charge >= 0.3 is 6.01 Å². The Morgan fingerprint density at radius 1 is 1.10 bits per heavy atom. The van der Waals surface area contributed by atoms with Crippen LogP contribution in [0.3, 0.4) is 0 Å². The van der Waals surface area contributed by atoms with Crippen molar-refractivity contribution in [3.8, 4) is 6.01 Å². The SMILES string of the molecule is CCc1nc(OC2=C(C(=O)Nc3ccccc3)C=C2C)nc(N2CCN(C)CC2)n1. The highest BCUT2D eigenvalue weighted by Crippen LogP contribution is 2.30. The smallest absolute Gasteiger partial charge is 0.327 e. The molecule has 156 valence electrons. The number of carbonyl (C=O) groups excluding carboxylic acids is 1. The number of aromatic nitrogens is 3. The molecule has 0 atom stereocenters. The van der Waals surface area contributed by atoms with Crippen LogP contribution in [0.2, 0.25) is 0 Å². The van der Waals surface area contributed by atoms with E-state index in [4.69, 9.17) is 4.74 Å². The number of para-hydroxylation sites is 1. The molecule has 8 heteroatoms. The van der Waals surface area contributed by atoms with Gasteiger partial charge in [-0.2, -0.15) is 15.0 Å². The van der Waals surface area contributed by atoms with Gasteiger partial charge in [0, 0.05) is 38.3 Å². The van der Waals surface area contributed by atoms with Gasteiger partial charge in [0.15, 0.2) is 0 Å². The minimum Gasteiger partial charge on any atom is -0.423 e. The van der Waals surface area contributed by atoms with E-state index >= 15 is 0 Å². The maximum atomic E-state index is 12.6. The lowest BCUT2D eigenvalue weighted by molar-refractivity contribution is -0.112. The second kappa shape index (κ2) is 8.62. The lowest BCUT2D eigenvalue weighted by Gasteiger charge is -2.32. The zero-order valence-electron chi connectivity index (χ0n) is 17.6. The quantitative estimate of drug-likeness (QED) is 0.789. The Balaban J connectivity index is 1.54. The van der Waals surface area contributed by atoms with Crippen LogP contribution in [0.4, 0.5) is 11.6 Å². The van der Waals surface area contributed by atoms with Gasteiger partial charge in [-0.25, -0.2) is 0 Å². The van der Waals surface area contributed by atoms with E-state index in [9.17, 15) is 4.79 Å². The Kier molecular flexibility index (Phi) is 5.76. The van der Waals surface area contributed by atoms with Gasteiger partial charge in [0.2, 0.25) is 5.95 Å². The molecule has 0 spiro atoms. The summed E-state index contributed by atoms with van der Waals surface area (Å²) in [6.45, 7) is 7.53. The summed E-state index contributed by atoms with van der Waals surface area (Å²) in [5.74, 6) is 1.58. The largest absolute Gasteiger partial charge is 0.423 e. The minimum atomic E-state index is -0.217. The van der Waals surface area contributed by atoms with Crippen LogP contribution >= 0.6 is 0 Å². The number of nitrogens with zero attached hydrogens (tertiary/aromatic N) is 5. The summed E-state index contributed by atoms with van der Waals surface area (Å²) in [6, 6.07) is 9.57. The summed E-state index contributed by atoms with van der Waals surface area (Å²) in [5, 5.41) is 2.88. The molecule has 1 aliphatic carbocycles. The molecule has 1 saturated heterocycles. The molecule has 0 bridgehead atoms. The van der Waals surface area contributed by atoms with Crippen LogP contribution in [0, 0.1) is 0 Å². The molecule has 1 aliphatic heterocycles. The zero-order valence-corrected chi connectivity index (χ0v) is 17.6. The molecule has 1 fully saturated rings. The van der Waals surface area contributed by atoms with Crippen molar-refractivity contribution in [2.24, 2.45) is 0 Å². The summed E-state index contributed by atoms with van der Waals surface area (Å²) < 4.78 is 5.98. The number of amides is 1. The first-order valence-corrected chi connectivity index (χ1v) is 10.2. The number of piperazine rings is 1. The first-order valence-electron chi connectivity index (χ1n) is 10.2. The average molecular weight is 406 g/mol. The Morgan fingerprint density at radius 2 is 1.83 bits per heavy atom. The Morgan fingerprint density at radius 3 is 2.50 bits per heavy atom. The highest BCUT2D eigenvalue weighted by atomic mass is 16.5.